The number of hydrogen-bond donors (Lipinski definition) is 2. The van der Waals surface area contributed by atoms with Gasteiger partial charge < -0.3 is 15.0 Å². The first-order valence-electron chi connectivity index (χ1n) is 8.10. The molecule has 6 nitrogen and oxygen atoms in total. The highest BCUT2D eigenvalue weighted by molar-refractivity contribution is 7.80. The van der Waals surface area contributed by atoms with Crippen molar-refractivity contribution in [1.82, 2.24) is 5.32 Å². The number of nitrogens with one attached hydrogen (secondary N) is 2. The van der Waals surface area contributed by atoms with Crippen LogP contribution in [-0.4, -0.2) is 30.6 Å². The van der Waals surface area contributed by atoms with E-state index in [0.29, 0.717) is 23.6 Å². The number of ether oxygens (including phenoxy) is 1. The molecule has 2 aromatic carbocycles. The number of amides is 2. The Kier molecular flexibility index (Phi) is 6.68. The van der Waals surface area contributed by atoms with Crippen LogP contribution in [0.2, 0.25) is 0 Å². The molecule has 0 aliphatic carbocycles. The van der Waals surface area contributed by atoms with Crippen molar-refractivity contribution in [2.75, 3.05) is 23.9 Å². The molecule has 0 aliphatic heterocycles. The van der Waals surface area contributed by atoms with Crippen LogP contribution in [0, 0.1) is 0 Å². The molecule has 0 fully saturated rings. The summed E-state index contributed by atoms with van der Waals surface area (Å²) in [5, 5.41) is 5.75. The summed E-state index contributed by atoms with van der Waals surface area (Å²) in [5.74, 6) is 0.312. The Morgan fingerprint density at radius 3 is 2.46 bits per heavy atom. The summed E-state index contributed by atoms with van der Waals surface area (Å²) in [4.78, 5) is 25.2. The Morgan fingerprint density at radius 1 is 1.15 bits per heavy atom. The summed E-state index contributed by atoms with van der Waals surface area (Å²) in [6.07, 6.45) is 0. The highest BCUT2D eigenvalue weighted by Gasteiger charge is 2.10. The molecule has 2 amide bonds. The lowest BCUT2D eigenvalue weighted by atomic mass is 10.2. The number of benzene rings is 2. The molecule has 0 radical (unpaired) electrons. The number of rotatable bonds is 5. The van der Waals surface area contributed by atoms with Gasteiger partial charge in [-0.25, -0.2) is 0 Å². The van der Waals surface area contributed by atoms with Crippen LogP contribution in [0.4, 0.5) is 11.4 Å². The van der Waals surface area contributed by atoms with Crippen molar-refractivity contribution in [2.24, 2.45) is 0 Å². The molecule has 0 bridgehead atoms. The van der Waals surface area contributed by atoms with Gasteiger partial charge in [0.2, 0.25) is 5.91 Å². The molecular formula is C19H21N3O3S. The number of nitrogens with zero attached hydrogens (tertiary/aromatic N) is 1. The van der Waals surface area contributed by atoms with Crippen LogP contribution in [-0.2, 0) is 4.79 Å². The van der Waals surface area contributed by atoms with Crippen LogP contribution in [0.15, 0.2) is 48.5 Å². The van der Waals surface area contributed by atoms with Crippen molar-refractivity contribution in [3.8, 4) is 5.75 Å². The number of carbonyl (C=O) groups excluding carboxylic acids is 2. The average molecular weight is 371 g/mol. The Bertz CT molecular complexity index is 806. The molecule has 2 N–H and O–H groups in total. The summed E-state index contributed by atoms with van der Waals surface area (Å²) in [7, 11) is 1.69. The molecular weight excluding hydrogens is 350 g/mol. The third-order valence-electron chi connectivity index (χ3n) is 3.62. The van der Waals surface area contributed by atoms with Crippen molar-refractivity contribution in [1.29, 1.82) is 0 Å². The van der Waals surface area contributed by atoms with Gasteiger partial charge >= 0.3 is 0 Å². The number of thiocarbonyl (C=S) groups is 1. The lowest BCUT2D eigenvalue weighted by Gasteiger charge is -2.16. The van der Waals surface area contributed by atoms with Gasteiger partial charge in [-0.2, -0.15) is 0 Å². The van der Waals surface area contributed by atoms with Crippen molar-refractivity contribution < 1.29 is 14.3 Å². The van der Waals surface area contributed by atoms with Gasteiger partial charge in [-0.05, 0) is 61.6 Å². The zero-order valence-electron chi connectivity index (χ0n) is 14.9. The topological polar surface area (TPSA) is 70.7 Å². The smallest absolute Gasteiger partial charge is 0.257 e. The van der Waals surface area contributed by atoms with Crippen molar-refractivity contribution in [3.63, 3.8) is 0 Å². The molecule has 26 heavy (non-hydrogen) atoms. The maximum Gasteiger partial charge on any atom is 0.257 e. The van der Waals surface area contributed by atoms with Crippen molar-refractivity contribution >= 4 is 40.5 Å². The highest BCUT2D eigenvalue weighted by Crippen LogP contribution is 2.18. The molecule has 136 valence electrons. The first kappa shape index (κ1) is 19.4. The third kappa shape index (κ3) is 5.29. The van der Waals surface area contributed by atoms with Crippen LogP contribution >= 0.6 is 12.2 Å². The number of anilines is 2. The summed E-state index contributed by atoms with van der Waals surface area (Å²) in [5.41, 5.74) is 1.87. The Hall–Kier alpha value is -2.93. The van der Waals surface area contributed by atoms with E-state index in [0.717, 1.165) is 5.69 Å². The van der Waals surface area contributed by atoms with Crippen LogP contribution in [0.1, 0.15) is 24.2 Å². The fourth-order valence-corrected chi connectivity index (χ4v) is 2.39. The highest BCUT2D eigenvalue weighted by atomic mass is 32.1. The zero-order chi connectivity index (χ0) is 19.1. The molecule has 7 heteroatoms. The van der Waals surface area contributed by atoms with Crippen LogP contribution in [0.25, 0.3) is 0 Å². The monoisotopic (exact) mass is 371 g/mol. The minimum atomic E-state index is -0.317. The summed E-state index contributed by atoms with van der Waals surface area (Å²) >= 11 is 5.19. The molecule has 0 saturated heterocycles. The van der Waals surface area contributed by atoms with E-state index in [2.05, 4.69) is 10.6 Å². The van der Waals surface area contributed by atoms with Gasteiger partial charge in [0.25, 0.3) is 5.91 Å². The van der Waals surface area contributed by atoms with Gasteiger partial charge in [0.1, 0.15) is 5.75 Å². The average Bonchev–Trinajstić information content (AvgIpc) is 2.62. The number of carbonyl (C=O) groups is 2. The maximum absolute atomic E-state index is 12.2. The molecule has 0 aromatic heterocycles. The normalized spacial score (nSPS) is 9.96. The van der Waals surface area contributed by atoms with Gasteiger partial charge in [0, 0.05) is 30.9 Å². The molecule has 0 aliphatic rings. The summed E-state index contributed by atoms with van der Waals surface area (Å²) in [6.45, 7) is 3.95. The molecule has 0 heterocycles. The molecule has 2 rings (SSSR count). The second-order valence-electron chi connectivity index (χ2n) is 5.49. The van der Waals surface area contributed by atoms with Crippen LogP contribution in [0.3, 0.4) is 0 Å². The van der Waals surface area contributed by atoms with E-state index in [1.165, 1.54) is 11.8 Å². The van der Waals surface area contributed by atoms with E-state index in [-0.39, 0.29) is 16.9 Å². The second-order valence-corrected chi connectivity index (χ2v) is 5.90. The standard InChI is InChI=1S/C19H21N3O3S/c1-4-25-17-10-8-14(9-11-17)18(24)21-19(26)20-15-6-5-7-16(12-15)22(3)13(2)23/h5-12H,4H2,1-3H3,(H2,20,21,24,26). The van der Waals surface area contributed by atoms with Crippen LogP contribution in [0.5, 0.6) is 5.75 Å². The van der Waals surface area contributed by atoms with Crippen molar-refractivity contribution in [2.45, 2.75) is 13.8 Å². The molecule has 0 spiro atoms. The van der Waals surface area contributed by atoms with E-state index in [1.54, 1.807) is 49.5 Å². The predicted molar refractivity (Wildman–Crippen MR) is 107 cm³/mol. The summed E-state index contributed by atoms with van der Waals surface area (Å²) in [6, 6.07) is 14.0. The lowest BCUT2D eigenvalue weighted by Crippen LogP contribution is -2.34. The fourth-order valence-electron chi connectivity index (χ4n) is 2.18. The molecule has 0 unspecified atom stereocenters. The van der Waals surface area contributed by atoms with Gasteiger partial charge in [0.15, 0.2) is 5.11 Å². The van der Waals surface area contributed by atoms with Crippen LogP contribution < -0.4 is 20.3 Å². The van der Waals surface area contributed by atoms with E-state index in [1.807, 2.05) is 13.0 Å². The molecule has 0 saturated carbocycles. The third-order valence-corrected chi connectivity index (χ3v) is 3.82. The Balaban J connectivity index is 1.98. The predicted octanol–water partition coefficient (Wildman–Crippen LogP) is 3.19. The minimum absolute atomic E-state index is 0.0754. The summed E-state index contributed by atoms with van der Waals surface area (Å²) < 4.78 is 5.35. The maximum atomic E-state index is 12.2. The Labute approximate surface area is 158 Å². The van der Waals surface area contributed by atoms with Gasteiger partial charge in [-0.15, -0.1) is 0 Å². The second kappa shape index (κ2) is 8.96. The number of hydrogen-bond acceptors (Lipinski definition) is 4. The van der Waals surface area contributed by atoms with E-state index >= 15 is 0 Å². The van der Waals surface area contributed by atoms with E-state index < -0.39 is 0 Å². The lowest BCUT2D eigenvalue weighted by molar-refractivity contribution is -0.116. The fraction of sp³-hybridized carbons (Fsp3) is 0.211. The quantitative estimate of drug-likeness (QED) is 0.790. The first-order chi connectivity index (χ1) is 12.4. The van der Waals surface area contributed by atoms with Crippen molar-refractivity contribution in [3.05, 3.63) is 54.1 Å². The van der Waals surface area contributed by atoms with E-state index in [4.69, 9.17) is 17.0 Å². The molecule has 2 aromatic rings. The van der Waals surface area contributed by atoms with Gasteiger partial charge in [0.05, 0.1) is 6.61 Å². The van der Waals surface area contributed by atoms with Gasteiger partial charge in [-0.3, -0.25) is 14.9 Å². The van der Waals surface area contributed by atoms with E-state index in [9.17, 15) is 9.59 Å². The SMILES string of the molecule is CCOc1ccc(C(=O)NC(=S)Nc2cccc(N(C)C(C)=O)c2)cc1. The Morgan fingerprint density at radius 2 is 1.85 bits per heavy atom. The largest absolute Gasteiger partial charge is 0.494 e. The first-order valence-corrected chi connectivity index (χ1v) is 8.51. The molecule has 0 atom stereocenters. The zero-order valence-corrected chi connectivity index (χ0v) is 15.7. The van der Waals surface area contributed by atoms with Gasteiger partial charge in [-0.1, -0.05) is 6.07 Å². The minimum Gasteiger partial charge on any atom is -0.494 e.